The molecular weight excluding hydrogens is 264 g/mol. The van der Waals surface area contributed by atoms with Gasteiger partial charge in [0.1, 0.15) is 6.10 Å². The summed E-state index contributed by atoms with van der Waals surface area (Å²) in [6.07, 6.45) is 1.29. The number of carbonyl (C=O) groups is 1. The minimum atomic E-state index is -0.110. The maximum atomic E-state index is 11.0. The molecule has 19 heavy (non-hydrogen) atoms. The maximum absolute atomic E-state index is 11.0. The molecule has 7 heteroatoms. The van der Waals surface area contributed by atoms with E-state index < -0.39 is 0 Å². The Morgan fingerprint density at radius 2 is 2.32 bits per heavy atom. The first-order chi connectivity index (χ1) is 9.11. The number of rotatable bonds is 3. The van der Waals surface area contributed by atoms with Crippen LogP contribution in [0, 0.1) is 13.8 Å². The van der Waals surface area contributed by atoms with E-state index in [2.05, 4.69) is 15.1 Å². The van der Waals surface area contributed by atoms with Gasteiger partial charge in [-0.05, 0) is 26.3 Å². The number of fused-ring (bicyclic) bond motifs is 1. The van der Waals surface area contributed by atoms with Gasteiger partial charge in [-0.2, -0.15) is 4.98 Å². The molecule has 2 aromatic rings. The van der Waals surface area contributed by atoms with Crippen LogP contribution < -0.4 is 0 Å². The van der Waals surface area contributed by atoms with Crippen molar-refractivity contribution in [3.05, 3.63) is 17.5 Å². The Balaban J connectivity index is 1.75. The fourth-order valence-corrected chi connectivity index (χ4v) is 2.93. The predicted molar refractivity (Wildman–Crippen MR) is 70.1 cm³/mol. The SMILES string of the molecule is Cc1cc(C)n2nc(SC[C@H]3CCC(=O)O3)nc2n1. The summed E-state index contributed by atoms with van der Waals surface area (Å²) in [5.74, 6) is 1.20. The second-order valence-corrected chi connectivity index (χ2v) is 5.59. The molecule has 0 unspecified atom stereocenters. The van der Waals surface area contributed by atoms with Crippen LogP contribution in [0.15, 0.2) is 11.2 Å². The molecule has 0 amide bonds. The summed E-state index contributed by atoms with van der Waals surface area (Å²) in [5.41, 5.74) is 1.94. The molecule has 0 saturated carbocycles. The van der Waals surface area contributed by atoms with E-state index in [0.29, 0.717) is 23.1 Å². The average molecular weight is 278 g/mol. The minimum Gasteiger partial charge on any atom is -0.461 e. The van der Waals surface area contributed by atoms with Gasteiger partial charge >= 0.3 is 5.97 Å². The van der Waals surface area contributed by atoms with Gasteiger partial charge in [-0.25, -0.2) is 9.50 Å². The smallest absolute Gasteiger partial charge is 0.306 e. The van der Waals surface area contributed by atoms with Crippen LogP contribution in [-0.2, 0) is 9.53 Å². The molecular formula is C12H14N4O2S. The van der Waals surface area contributed by atoms with Crippen molar-refractivity contribution in [3.63, 3.8) is 0 Å². The lowest BCUT2D eigenvalue weighted by molar-refractivity contribution is -0.140. The quantitative estimate of drug-likeness (QED) is 0.626. The molecule has 1 aliphatic rings. The highest BCUT2D eigenvalue weighted by Crippen LogP contribution is 2.22. The molecule has 0 bridgehead atoms. The highest BCUT2D eigenvalue weighted by atomic mass is 32.2. The molecule has 2 aromatic heterocycles. The number of thioether (sulfide) groups is 1. The van der Waals surface area contributed by atoms with Crippen LogP contribution in [0.2, 0.25) is 0 Å². The van der Waals surface area contributed by atoms with Crippen LogP contribution in [0.3, 0.4) is 0 Å². The number of aromatic nitrogens is 4. The third-order valence-electron chi connectivity index (χ3n) is 2.97. The van der Waals surface area contributed by atoms with Gasteiger partial charge in [0.05, 0.1) is 0 Å². The predicted octanol–water partition coefficient (Wildman–Crippen LogP) is 1.54. The molecule has 0 radical (unpaired) electrons. The summed E-state index contributed by atoms with van der Waals surface area (Å²) in [6.45, 7) is 3.91. The van der Waals surface area contributed by atoms with Crippen LogP contribution >= 0.6 is 11.8 Å². The molecule has 3 rings (SSSR count). The Morgan fingerprint density at radius 1 is 1.47 bits per heavy atom. The molecule has 0 aliphatic carbocycles. The van der Waals surface area contributed by atoms with E-state index in [1.165, 1.54) is 11.8 Å². The molecule has 0 aromatic carbocycles. The van der Waals surface area contributed by atoms with Gasteiger partial charge < -0.3 is 4.74 Å². The zero-order valence-corrected chi connectivity index (χ0v) is 11.6. The van der Waals surface area contributed by atoms with Gasteiger partial charge in [0.25, 0.3) is 5.78 Å². The van der Waals surface area contributed by atoms with Gasteiger partial charge in [-0.1, -0.05) is 11.8 Å². The third kappa shape index (κ3) is 2.56. The van der Waals surface area contributed by atoms with Gasteiger partial charge in [0.15, 0.2) is 0 Å². The summed E-state index contributed by atoms with van der Waals surface area (Å²) in [4.78, 5) is 19.7. The van der Waals surface area contributed by atoms with Gasteiger partial charge in [0.2, 0.25) is 5.16 Å². The highest BCUT2D eigenvalue weighted by Gasteiger charge is 2.23. The summed E-state index contributed by atoms with van der Waals surface area (Å²) >= 11 is 1.50. The van der Waals surface area contributed by atoms with Crippen molar-refractivity contribution < 1.29 is 9.53 Å². The fraction of sp³-hybridized carbons (Fsp3) is 0.500. The molecule has 1 saturated heterocycles. The molecule has 100 valence electrons. The second-order valence-electron chi connectivity index (χ2n) is 4.61. The Hall–Kier alpha value is -1.63. The van der Waals surface area contributed by atoms with Crippen LogP contribution in [0.4, 0.5) is 0 Å². The van der Waals surface area contributed by atoms with Crippen LogP contribution in [0.1, 0.15) is 24.2 Å². The standard InChI is InChI=1S/C12H14N4O2S/c1-7-5-8(2)16-11(13-7)14-12(15-16)19-6-9-3-4-10(17)18-9/h5,9H,3-4,6H2,1-2H3/t9-/m1/s1. The number of hydrogen-bond donors (Lipinski definition) is 0. The zero-order chi connectivity index (χ0) is 13.4. The van der Waals surface area contributed by atoms with E-state index in [1.807, 2.05) is 19.9 Å². The normalized spacial score (nSPS) is 19.1. The van der Waals surface area contributed by atoms with E-state index in [4.69, 9.17) is 4.74 Å². The number of cyclic esters (lactones) is 1. The molecule has 0 N–H and O–H groups in total. The first-order valence-corrected chi connectivity index (χ1v) is 7.13. The van der Waals surface area contributed by atoms with E-state index in [-0.39, 0.29) is 12.1 Å². The lowest BCUT2D eigenvalue weighted by atomic mass is 10.3. The first-order valence-electron chi connectivity index (χ1n) is 6.15. The van der Waals surface area contributed by atoms with Crippen molar-refractivity contribution in [1.29, 1.82) is 0 Å². The fourth-order valence-electron chi connectivity index (χ4n) is 2.08. The number of nitrogens with zero attached hydrogens (tertiary/aromatic N) is 4. The monoisotopic (exact) mass is 278 g/mol. The molecule has 3 heterocycles. The van der Waals surface area contributed by atoms with E-state index in [9.17, 15) is 4.79 Å². The second kappa shape index (κ2) is 4.80. The number of esters is 1. The Kier molecular flexibility index (Phi) is 3.14. The lowest BCUT2D eigenvalue weighted by Gasteiger charge is -2.05. The van der Waals surface area contributed by atoms with Gasteiger partial charge in [-0.3, -0.25) is 4.79 Å². The van der Waals surface area contributed by atoms with Crippen molar-refractivity contribution in [2.45, 2.75) is 37.9 Å². The number of carbonyl (C=O) groups excluding carboxylic acids is 1. The number of ether oxygens (including phenoxy) is 1. The molecule has 1 aliphatic heterocycles. The average Bonchev–Trinajstić information content (AvgIpc) is 2.92. The van der Waals surface area contributed by atoms with Crippen molar-refractivity contribution in [3.8, 4) is 0 Å². The van der Waals surface area contributed by atoms with Gasteiger partial charge in [0, 0.05) is 23.6 Å². The first kappa shape index (κ1) is 12.4. The number of aryl methyl sites for hydroxylation is 2. The summed E-state index contributed by atoms with van der Waals surface area (Å²) < 4.78 is 6.89. The maximum Gasteiger partial charge on any atom is 0.306 e. The van der Waals surface area contributed by atoms with Crippen LogP contribution in [0.5, 0.6) is 0 Å². The Morgan fingerprint density at radius 3 is 3.05 bits per heavy atom. The Bertz CT molecular complexity index is 640. The molecule has 0 spiro atoms. The topological polar surface area (TPSA) is 69.4 Å². The molecule has 6 nitrogen and oxygen atoms in total. The Labute approximate surface area is 114 Å². The third-order valence-corrected chi connectivity index (χ3v) is 3.94. The minimum absolute atomic E-state index is 0.0140. The summed E-state index contributed by atoms with van der Waals surface area (Å²) in [5, 5.41) is 5.07. The van der Waals surface area contributed by atoms with E-state index in [1.54, 1.807) is 4.52 Å². The summed E-state index contributed by atoms with van der Waals surface area (Å²) in [6, 6.07) is 1.97. The highest BCUT2D eigenvalue weighted by molar-refractivity contribution is 7.99. The zero-order valence-electron chi connectivity index (χ0n) is 10.8. The van der Waals surface area contributed by atoms with Crippen LogP contribution in [-0.4, -0.2) is 37.4 Å². The van der Waals surface area contributed by atoms with E-state index >= 15 is 0 Å². The van der Waals surface area contributed by atoms with E-state index in [0.717, 1.165) is 17.8 Å². The van der Waals surface area contributed by atoms with Crippen molar-refractivity contribution in [1.82, 2.24) is 19.6 Å². The van der Waals surface area contributed by atoms with Gasteiger partial charge in [-0.15, -0.1) is 5.10 Å². The largest absolute Gasteiger partial charge is 0.461 e. The molecule has 1 atom stereocenters. The van der Waals surface area contributed by atoms with Crippen molar-refractivity contribution in [2.75, 3.05) is 5.75 Å². The van der Waals surface area contributed by atoms with Crippen molar-refractivity contribution in [2.24, 2.45) is 0 Å². The van der Waals surface area contributed by atoms with Crippen molar-refractivity contribution >= 4 is 23.5 Å². The number of hydrogen-bond acceptors (Lipinski definition) is 6. The molecule has 1 fully saturated rings. The lowest BCUT2D eigenvalue weighted by Crippen LogP contribution is -2.09. The summed E-state index contributed by atoms with van der Waals surface area (Å²) in [7, 11) is 0. The van der Waals surface area contributed by atoms with Crippen LogP contribution in [0.25, 0.3) is 5.78 Å².